The molecule has 2 rings (SSSR count). The van der Waals surface area contributed by atoms with Crippen molar-refractivity contribution in [2.45, 2.75) is 62.2 Å². The first-order chi connectivity index (χ1) is 8.73. The van der Waals surface area contributed by atoms with Gasteiger partial charge in [0.1, 0.15) is 5.54 Å². The molecule has 2 saturated heterocycles. The summed E-state index contributed by atoms with van der Waals surface area (Å²) in [4.78, 5) is 11.3. The second-order valence-corrected chi connectivity index (χ2v) is 8.13. The highest BCUT2D eigenvalue weighted by Crippen LogP contribution is 2.40. The standard InChI is InChI=1S/C13H23NO2S2/c15-12(16)13(8-4-9-14-13)7-3-1-2-5-11-6-10-17-18-11/h11,14H,1-10H2,(H,15,16)/t11?,13-/m0/s1. The smallest absolute Gasteiger partial charge is 0.323 e. The average Bonchev–Trinajstić information content (AvgIpc) is 2.99. The van der Waals surface area contributed by atoms with Gasteiger partial charge in [-0.05, 0) is 38.6 Å². The zero-order valence-corrected chi connectivity index (χ0v) is 12.5. The van der Waals surface area contributed by atoms with E-state index in [9.17, 15) is 9.90 Å². The van der Waals surface area contributed by atoms with Crippen LogP contribution >= 0.6 is 21.6 Å². The maximum atomic E-state index is 11.3. The first-order valence-electron chi connectivity index (χ1n) is 7.00. The van der Waals surface area contributed by atoms with E-state index in [4.69, 9.17) is 0 Å². The summed E-state index contributed by atoms with van der Waals surface area (Å²) in [7, 11) is 4.04. The zero-order chi connectivity index (χ0) is 12.8. The van der Waals surface area contributed by atoms with Gasteiger partial charge in [0.15, 0.2) is 0 Å². The Hall–Kier alpha value is 0.130. The predicted molar refractivity (Wildman–Crippen MR) is 79.1 cm³/mol. The predicted octanol–water partition coefficient (Wildman–Crippen LogP) is 3.30. The van der Waals surface area contributed by atoms with Crippen molar-refractivity contribution in [2.75, 3.05) is 12.3 Å². The summed E-state index contributed by atoms with van der Waals surface area (Å²) in [5, 5.41) is 13.4. The van der Waals surface area contributed by atoms with E-state index in [2.05, 4.69) is 5.32 Å². The highest BCUT2D eigenvalue weighted by molar-refractivity contribution is 8.77. The number of carboxylic acids is 1. The summed E-state index contributed by atoms with van der Waals surface area (Å²) in [6.45, 7) is 0.863. The Morgan fingerprint density at radius 3 is 2.89 bits per heavy atom. The Bertz CT molecular complexity index is 274. The van der Waals surface area contributed by atoms with Crippen molar-refractivity contribution in [2.24, 2.45) is 0 Å². The fourth-order valence-corrected chi connectivity index (χ4v) is 5.88. The second kappa shape index (κ2) is 7.06. The molecule has 0 radical (unpaired) electrons. The first-order valence-corrected chi connectivity index (χ1v) is 9.38. The van der Waals surface area contributed by atoms with E-state index in [1.54, 1.807) is 0 Å². The Labute approximate surface area is 117 Å². The van der Waals surface area contributed by atoms with Crippen LogP contribution in [0.2, 0.25) is 0 Å². The van der Waals surface area contributed by atoms with Gasteiger partial charge in [-0.15, -0.1) is 0 Å². The first kappa shape index (κ1) is 14.5. The fourth-order valence-electron chi connectivity index (χ4n) is 2.85. The van der Waals surface area contributed by atoms with Gasteiger partial charge in [-0.25, -0.2) is 0 Å². The van der Waals surface area contributed by atoms with Crippen LogP contribution in [0.25, 0.3) is 0 Å². The average molecular weight is 289 g/mol. The van der Waals surface area contributed by atoms with E-state index in [0.29, 0.717) is 0 Å². The van der Waals surface area contributed by atoms with Crippen LogP contribution in [0.15, 0.2) is 0 Å². The molecule has 0 aromatic rings. The van der Waals surface area contributed by atoms with Crippen LogP contribution in [0, 0.1) is 0 Å². The van der Waals surface area contributed by atoms with E-state index in [1.807, 2.05) is 21.6 Å². The van der Waals surface area contributed by atoms with E-state index < -0.39 is 11.5 Å². The summed E-state index contributed by atoms with van der Waals surface area (Å²) >= 11 is 0. The number of rotatable bonds is 7. The Kier molecular flexibility index (Phi) is 5.70. The molecule has 2 aliphatic heterocycles. The Morgan fingerprint density at radius 1 is 1.39 bits per heavy atom. The molecule has 104 valence electrons. The SMILES string of the molecule is O=C(O)[C@]1(CCCCCC2CCSS2)CCCN1. The van der Waals surface area contributed by atoms with Gasteiger partial charge < -0.3 is 10.4 Å². The molecule has 2 fully saturated rings. The van der Waals surface area contributed by atoms with Crippen molar-refractivity contribution >= 4 is 27.6 Å². The quantitative estimate of drug-likeness (QED) is 0.556. The van der Waals surface area contributed by atoms with Crippen molar-refractivity contribution in [3.8, 4) is 0 Å². The number of carbonyl (C=O) groups is 1. The highest BCUT2D eigenvalue weighted by Gasteiger charge is 2.40. The molecule has 0 aliphatic carbocycles. The monoisotopic (exact) mass is 289 g/mol. The molecule has 2 heterocycles. The number of unbranched alkanes of at least 4 members (excludes halogenated alkanes) is 2. The minimum atomic E-state index is -0.650. The molecule has 0 spiro atoms. The third-order valence-electron chi connectivity index (χ3n) is 4.01. The molecule has 2 atom stereocenters. The van der Waals surface area contributed by atoms with Gasteiger partial charge in [-0.3, -0.25) is 4.79 Å². The molecule has 1 unspecified atom stereocenters. The molecule has 2 N–H and O–H groups in total. The van der Waals surface area contributed by atoms with Crippen molar-refractivity contribution in [1.82, 2.24) is 5.32 Å². The molecule has 3 nitrogen and oxygen atoms in total. The molecule has 2 aliphatic rings. The van der Waals surface area contributed by atoms with Crippen molar-refractivity contribution in [1.29, 1.82) is 0 Å². The van der Waals surface area contributed by atoms with Crippen molar-refractivity contribution in [3.05, 3.63) is 0 Å². The fraction of sp³-hybridized carbons (Fsp3) is 0.923. The molecular weight excluding hydrogens is 266 g/mol. The lowest BCUT2D eigenvalue weighted by Crippen LogP contribution is -2.47. The lowest BCUT2D eigenvalue weighted by Gasteiger charge is -2.24. The maximum absolute atomic E-state index is 11.3. The number of hydrogen-bond donors (Lipinski definition) is 2. The van der Waals surface area contributed by atoms with E-state index in [-0.39, 0.29) is 0 Å². The Morgan fingerprint density at radius 2 is 2.28 bits per heavy atom. The van der Waals surface area contributed by atoms with Crippen LogP contribution in [0.4, 0.5) is 0 Å². The third kappa shape index (κ3) is 3.81. The van der Waals surface area contributed by atoms with Crippen LogP contribution in [-0.2, 0) is 4.79 Å². The minimum Gasteiger partial charge on any atom is -0.480 e. The number of nitrogens with one attached hydrogen (secondary N) is 1. The third-order valence-corrected chi connectivity index (χ3v) is 7.02. The van der Waals surface area contributed by atoms with Crippen molar-refractivity contribution in [3.63, 3.8) is 0 Å². The maximum Gasteiger partial charge on any atom is 0.323 e. The van der Waals surface area contributed by atoms with E-state index in [0.717, 1.165) is 37.5 Å². The second-order valence-electron chi connectivity index (χ2n) is 5.35. The minimum absolute atomic E-state index is 0.599. The molecule has 0 aromatic heterocycles. The summed E-state index contributed by atoms with van der Waals surface area (Å²) in [6, 6.07) is 0. The van der Waals surface area contributed by atoms with Crippen LogP contribution in [0.3, 0.4) is 0 Å². The topological polar surface area (TPSA) is 49.3 Å². The van der Waals surface area contributed by atoms with Gasteiger partial charge in [-0.2, -0.15) is 0 Å². The van der Waals surface area contributed by atoms with Gasteiger partial charge >= 0.3 is 5.97 Å². The molecule has 0 aromatic carbocycles. The molecule has 18 heavy (non-hydrogen) atoms. The Balaban J connectivity index is 1.60. The largest absolute Gasteiger partial charge is 0.480 e. The van der Waals surface area contributed by atoms with Gasteiger partial charge in [0, 0.05) is 11.0 Å². The van der Waals surface area contributed by atoms with E-state index >= 15 is 0 Å². The molecular formula is C13H23NO2S2. The van der Waals surface area contributed by atoms with Gasteiger partial charge in [0.05, 0.1) is 0 Å². The lowest BCUT2D eigenvalue weighted by molar-refractivity contribution is -0.144. The van der Waals surface area contributed by atoms with Gasteiger partial charge in [-0.1, -0.05) is 40.9 Å². The summed E-state index contributed by atoms with van der Waals surface area (Å²) in [5.41, 5.74) is -0.599. The van der Waals surface area contributed by atoms with Crippen LogP contribution < -0.4 is 5.32 Å². The van der Waals surface area contributed by atoms with Gasteiger partial charge in [0.2, 0.25) is 0 Å². The molecule has 0 bridgehead atoms. The zero-order valence-electron chi connectivity index (χ0n) is 10.8. The summed E-state index contributed by atoms with van der Waals surface area (Å²) < 4.78 is 0. The van der Waals surface area contributed by atoms with Crippen LogP contribution in [0.5, 0.6) is 0 Å². The molecule has 0 saturated carbocycles. The number of aliphatic carboxylic acids is 1. The van der Waals surface area contributed by atoms with Crippen LogP contribution in [-0.4, -0.2) is 34.2 Å². The molecule has 5 heteroatoms. The van der Waals surface area contributed by atoms with E-state index in [1.165, 1.54) is 31.4 Å². The molecule has 0 amide bonds. The normalized spacial score (nSPS) is 31.9. The van der Waals surface area contributed by atoms with Crippen LogP contribution in [0.1, 0.15) is 51.4 Å². The summed E-state index contributed by atoms with van der Waals surface area (Å²) in [6.07, 6.45) is 8.76. The lowest BCUT2D eigenvalue weighted by atomic mass is 9.90. The van der Waals surface area contributed by atoms with Crippen molar-refractivity contribution < 1.29 is 9.90 Å². The summed E-state index contributed by atoms with van der Waals surface area (Å²) in [5.74, 6) is 0.657. The highest BCUT2D eigenvalue weighted by atomic mass is 33.1. The number of carboxylic acid groups (broad SMARTS) is 1. The van der Waals surface area contributed by atoms with Gasteiger partial charge in [0.25, 0.3) is 0 Å². The number of hydrogen-bond acceptors (Lipinski definition) is 4.